The molecule has 142 valence electrons. The fourth-order valence-corrected chi connectivity index (χ4v) is 2.46. The fraction of sp³-hybridized carbons (Fsp3) is 0.632. The highest BCUT2D eigenvalue weighted by Gasteiger charge is 2.20. The van der Waals surface area contributed by atoms with Crippen LogP contribution < -0.4 is 15.4 Å². The van der Waals surface area contributed by atoms with E-state index in [0.29, 0.717) is 0 Å². The monoisotopic (exact) mass is 461 g/mol. The second kappa shape index (κ2) is 13.2. The van der Waals surface area contributed by atoms with Crippen LogP contribution in [0.4, 0.5) is 0 Å². The maximum Gasteiger partial charge on any atom is 0.190 e. The average Bonchev–Trinajstić information content (AvgIpc) is 3.44. The van der Waals surface area contributed by atoms with E-state index >= 15 is 0 Å². The molecule has 1 fully saturated rings. The molecular weight excluding hydrogens is 429 g/mol. The predicted molar refractivity (Wildman–Crippen MR) is 114 cm³/mol. The van der Waals surface area contributed by atoms with Gasteiger partial charge in [0.2, 0.25) is 0 Å². The quantitative estimate of drug-likeness (QED) is 0.230. The molecule has 0 atom stereocenters. The van der Waals surface area contributed by atoms with Crippen LogP contribution in [0.3, 0.4) is 0 Å². The lowest BCUT2D eigenvalue weighted by Crippen LogP contribution is -2.38. The van der Waals surface area contributed by atoms with E-state index in [1.54, 1.807) is 14.2 Å². The molecule has 0 aromatic heterocycles. The summed E-state index contributed by atoms with van der Waals surface area (Å²) in [5, 5.41) is 6.68. The summed E-state index contributed by atoms with van der Waals surface area (Å²) in [4.78, 5) is 4.25. The van der Waals surface area contributed by atoms with E-state index in [0.717, 1.165) is 63.2 Å². The van der Waals surface area contributed by atoms with E-state index in [2.05, 4.69) is 27.8 Å². The van der Waals surface area contributed by atoms with Gasteiger partial charge in [-0.3, -0.25) is 4.99 Å². The maximum absolute atomic E-state index is 5.63. The minimum absolute atomic E-state index is 0. The lowest BCUT2D eigenvalue weighted by atomic mass is 10.1. The summed E-state index contributed by atoms with van der Waals surface area (Å²) >= 11 is 0. The van der Waals surface area contributed by atoms with Gasteiger partial charge in [-0.25, -0.2) is 0 Å². The first-order valence-electron chi connectivity index (χ1n) is 8.97. The smallest absolute Gasteiger partial charge is 0.190 e. The second-order valence-corrected chi connectivity index (χ2v) is 6.25. The Morgan fingerprint density at radius 2 is 1.96 bits per heavy atom. The zero-order chi connectivity index (χ0) is 17.0. The molecule has 0 radical (unpaired) electrons. The van der Waals surface area contributed by atoms with Crippen molar-refractivity contribution in [1.29, 1.82) is 0 Å². The average molecular weight is 461 g/mol. The molecule has 0 unspecified atom stereocenters. The summed E-state index contributed by atoms with van der Waals surface area (Å²) < 4.78 is 10.9. The molecule has 6 heteroatoms. The van der Waals surface area contributed by atoms with Crippen molar-refractivity contribution < 1.29 is 9.47 Å². The number of aliphatic imine (C=N–C) groups is 1. The molecule has 1 aromatic rings. The lowest BCUT2D eigenvalue weighted by molar-refractivity contribution is 0.123. The van der Waals surface area contributed by atoms with Crippen molar-refractivity contribution in [3.05, 3.63) is 29.8 Å². The molecule has 2 rings (SSSR count). The number of hydrogen-bond donors (Lipinski definition) is 2. The molecule has 0 amide bonds. The summed E-state index contributed by atoms with van der Waals surface area (Å²) in [5.41, 5.74) is 1.30. The summed E-state index contributed by atoms with van der Waals surface area (Å²) in [7, 11) is 3.51. The van der Waals surface area contributed by atoms with Gasteiger partial charge >= 0.3 is 0 Å². The third-order valence-corrected chi connectivity index (χ3v) is 4.10. The standard InChI is InChI=1S/C19H31N3O2.HI/c1-20-19(22-12-5-13-24-15-17-9-10-17)21-11-4-7-16-6-3-8-18(14-16)23-2;/h3,6,8,14,17H,4-5,7,9-13,15H2,1-2H3,(H2,20,21,22);1H. The normalized spacial score (nSPS) is 13.9. The van der Waals surface area contributed by atoms with Gasteiger partial charge < -0.3 is 20.1 Å². The van der Waals surface area contributed by atoms with Crippen LogP contribution in [0.1, 0.15) is 31.2 Å². The topological polar surface area (TPSA) is 54.9 Å². The lowest BCUT2D eigenvalue weighted by Gasteiger charge is -2.12. The Bertz CT molecular complexity index is 507. The van der Waals surface area contributed by atoms with E-state index < -0.39 is 0 Å². The molecule has 0 heterocycles. The maximum atomic E-state index is 5.63. The molecule has 1 aliphatic carbocycles. The van der Waals surface area contributed by atoms with Gasteiger partial charge in [-0.2, -0.15) is 0 Å². The molecule has 25 heavy (non-hydrogen) atoms. The van der Waals surface area contributed by atoms with Crippen molar-refractivity contribution in [1.82, 2.24) is 10.6 Å². The van der Waals surface area contributed by atoms with E-state index in [1.165, 1.54) is 18.4 Å². The number of rotatable bonds is 11. The summed E-state index contributed by atoms with van der Waals surface area (Å²) in [5.74, 6) is 2.63. The van der Waals surface area contributed by atoms with Gasteiger partial charge in [0.25, 0.3) is 0 Å². The number of ether oxygens (including phenoxy) is 2. The number of halogens is 1. The van der Waals surface area contributed by atoms with E-state index in [4.69, 9.17) is 9.47 Å². The third kappa shape index (κ3) is 9.89. The molecule has 1 aliphatic rings. The van der Waals surface area contributed by atoms with Gasteiger partial charge in [0.15, 0.2) is 5.96 Å². The van der Waals surface area contributed by atoms with Crippen molar-refractivity contribution >= 4 is 29.9 Å². The van der Waals surface area contributed by atoms with Crippen LogP contribution in [0.15, 0.2) is 29.3 Å². The van der Waals surface area contributed by atoms with Gasteiger partial charge in [-0.1, -0.05) is 12.1 Å². The highest BCUT2D eigenvalue weighted by molar-refractivity contribution is 14.0. The Morgan fingerprint density at radius 1 is 1.20 bits per heavy atom. The van der Waals surface area contributed by atoms with Crippen LogP contribution in [0.2, 0.25) is 0 Å². The molecule has 1 aromatic carbocycles. The number of nitrogens with zero attached hydrogens (tertiary/aromatic N) is 1. The SMILES string of the molecule is CN=C(NCCCOCC1CC1)NCCCc1cccc(OC)c1.I. The van der Waals surface area contributed by atoms with Gasteiger partial charge in [0.05, 0.1) is 7.11 Å². The number of nitrogens with one attached hydrogen (secondary N) is 2. The summed E-state index contributed by atoms with van der Waals surface area (Å²) in [6, 6.07) is 8.24. The fourth-order valence-electron chi connectivity index (χ4n) is 2.46. The van der Waals surface area contributed by atoms with E-state index in [1.807, 2.05) is 12.1 Å². The number of benzene rings is 1. The van der Waals surface area contributed by atoms with Crippen LogP contribution in [0.25, 0.3) is 0 Å². The minimum Gasteiger partial charge on any atom is -0.497 e. The summed E-state index contributed by atoms with van der Waals surface area (Å²) in [6.07, 6.45) is 5.79. The van der Waals surface area contributed by atoms with Crippen LogP contribution in [0.5, 0.6) is 5.75 Å². The van der Waals surface area contributed by atoms with Crippen molar-refractivity contribution in [2.24, 2.45) is 10.9 Å². The third-order valence-electron chi connectivity index (χ3n) is 4.10. The summed E-state index contributed by atoms with van der Waals surface area (Å²) in [6.45, 7) is 3.56. The highest BCUT2D eigenvalue weighted by atomic mass is 127. The van der Waals surface area contributed by atoms with Crippen LogP contribution in [-0.2, 0) is 11.2 Å². The van der Waals surface area contributed by atoms with Crippen LogP contribution >= 0.6 is 24.0 Å². The van der Waals surface area contributed by atoms with Crippen molar-refractivity contribution in [3.8, 4) is 5.75 Å². The Hall–Kier alpha value is -1.02. The van der Waals surface area contributed by atoms with Gasteiger partial charge in [-0.05, 0) is 55.7 Å². The zero-order valence-electron chi connectivity index (χ0n) is 15.4. The van der Waals surface area contributed by atoms with Crippen molar-refractivity contribution in [3.63, 3.8) is 0 Å². The van der Waals surface area contributed by atoms with Crippen LogP contribution in [0, 0.1) is 5.92 Å². The largest absolute Gasteiger partial charge is 0.497 e. The molecule has 0 spiro atoms. The van der Waals surface area contributed by atoms with E-state index in [-0.39, 0.29) is 24.0 Å². The second-order valence-electron chi connectivity index (χ2n) is 6.25. The number of aryl methyl sites for hydroxylation is 1. The van der Waals surface area contributed by atoms with Gasteiger partial charge in [0.1, 0.15) is 5.75 Å². The Labute approximate surface area is 169 Å². The molecule has 0 bridgehead atoms. The number of guanidine groups is 1. The zero-order valence-corrected chi connectivity index (χ0v) is 17.8. The van der Waals surface area contributed by atoms with Gasteiger partial charge in [-0.15, -0.1) is 24.0 Å². The van der Waals surface area contributed by atoms with Crippen molar-refractivity contribution in [2.45, 2.75) is 32.1 Å². The molecule has 1 saturated carbocycles. The molecule has 0 saturated heterocycles. The van der Waals surface area contributed by atoms with E-state index in [9.17, 15) is 0 Å². The predicted octanol–water partition coefficient (Wildman–Crippen LogP) is 3.23. The number of hydrogen-bond acceptors (Lipinski definition) is 3. The first-order valence-corrected chi connectivity index (χ1v) is 8.97. The Kier molecular flexibility index (Phi) is 11.6. The minimum atomic E-state index is 0. The first-order chi connectivity index (χ1) is 11.8. The van der Waals surface area contributed by atoms with Crippen molar-refractivity contribution in [2.75, 3.05) is 40.5 Å². The molecule has 0 aliphatic heterocycles. The Morgan fingerprint density at radius 3 is 2.64 bits per heavy atom. The molecule has 5 nitrogen and oxygen atoms in total. The number of methoxy groups -OCH3 is 1. The Balaban J connectivity index is 0.00000312. The van der Waals surface area contributed by atoms with Gasteiger partial charge in [0, 0.05) is 33.4 Å². The molecular formula is C19H32IN3O2. The van der Waals surface area contributed by atoms with Crippen LogP contribution in [-0.4, -0.2) is 46.4 Å². The molecule has 2 N–H and O–H groups in total. The highest BCUT2D eigenvalue weighted by Crippen LogP contribution is 2.28. The first kappa shape index (κ1) is 22.0.